The van der Waals surface area contributed by atoms with Gasteiger partial charge in [-0.25, -0.2) is 0 Å². The van der Waals surface area contributed by atoms with E-state index in [-0.39, 0.29) is 24.0 Å². The van der Waals surface area contributed by atoms with Crippen molar-refractivity contribution in [2.45, 2.75) is 39.0 Å². The number of Topliss-reactive ketones (excluding diaryl/α,β-unsaturated/α-hetero) is 1. The molecule has 2 rings (SSSR count). The molecule has 0 N–H and O–H groups in total. The fourth-order valence-corrected chi connectivity index (χ4v) is 2.82. The van der Waals surface area contributed by atoms with Gasteiger partial charge in [0, 0.05) is 23.1 Å². The van der Waals surface area contributed by atoms with E-state index in [0.29, 0.717) is 0 Å². The lowest BCUT2D eigenvalue weighted by Crippen LogP contribution is -2.51. The minimum Gasteiger partial charge on any atom is -0.373 e. The molecule has 1 heterocycles. The van der Waals surface area contributed by atoms with Crippen LogP contribution in [0.15, 0.2) is 28.7 Å². The highest BCUT2D eigenvalue weighted by atomic mass is 79.9. The number of halogens is 1. The predicted octanol–water partition coefficient (Wildman–Crippen LogP) is 3.13. The fraction of sp³-hybridized carbons (Fsp3) is 0.533. The van der Waals surface area contributed by atoms with Crippen molar-refractivity contribution < 1.29 is 9.53 Å². The minimum absolute atomic E-state index is 0.102. The number of benzene rings is 1. The first-order chi connectivity index (χ1) is 8.97. The highest BCUT2D eigenvalue weighted by Crippen LogP contribution is 2.18. The van der Waals surface area contributed by atoms with E-state index >= 15 is 0 Å². The van der Waals surface area contributed by atoms with Gasteiger partial charge in [0.25, 0.3) is 0 Å². The molecule has 104 valence electrons. The van der Waals surface area contributed by atoms with Crippen molar-refractivity contribution >= 4 is 21.7 Å². The van der Waals surface area contributed by atoms with Crippen molar-refractivity contribution in [3.63, 3.8) is 0 Å². The molecule has 1 aromatic rings. The Morgan fingerprint density at radius 3 is 2.32 bits per heavy atom. The first-order valence-electron chi connectivity index (χ1n) is 6.66. The largest absolute Gasteiger partial charge is 0.373 e. The molecule has 0 bridgehead atoms. The number of morpholine rings is 1. The zero-order valence-electron chi connectivity index (χ0n) is 11.6. The van der Waals surface area contributed by atoms with Crippen LogP contribution < -0.4 is 0 Å². The van der Waals surface area contributed by atoms with Crippen LogP contribution in [0.1, 0.15) is 31.1 Å². The Kier molecular flexibility index (Phi) is 4.76. The monoisotopic (exact) mass is 325 g/mol. The van der Waals surface area contributed by atoms with Gasteiger partial charge >= 0.3 is 0 Å². The number of rotatable bonds is 3. The maximum Gasteiger partial charge on any atom is 0.179 e. The normalized spacial score (nSPS) is 26.1. The third-order valence-electron chi connectivity index (χ3n) is 3.50. The summed E-state index contributed by atoms with van der Waals surface area (Å²) in [7, 11) is 0. The molecule has 3 nitrogen and oxygen atoms in total. The lowest BCUT2D eigenvalue weighted by atomic mass is 10.0. The van der Waals surface area contributed by atoms with Gasteiger partial charge in [0.2, 0.25) is 0 Å². The molecule has 1 saturated heterocycles. The van der Waals surface area contributed by atoms with Gasteiger partial charge < -0.3 is 4.74 Å². The Bertz CT molecular complexity index is 436. The molecule has 1 aromatic carbocycles. The van der Waals surface area contributed by atoms with Crippen molar-refractivity contribution in [3.05, 3.63) is 34.3 Å². The summed E-state index contributed by atoms with van der Waals surface area (Å²) < 4.78 is 6.70. The van der Waals surface area contributed by atoms with E-state index in [1.54, 1.807) is 0 Å². The molecular formula is C15H20BrNO2. The molecule has 0 aromatic heterocycles. The Hall–Kier alpha value is -0.710. The van der Waals surface area contributed by atoms with E-state index in [1.807, 2.05) is 31.2 Å². The van der Waals surface area contributed by atoms with Gasteiger partial charge in [-0.05, 0) is 32.9 Å². The predicted molar refractivity (Wildman–Crippen MR) is 79.5 cm³/mol. The van der Waals surface area contributed by atoms with Gasteiger partial charge in [0.1, 0.15) is 0 Å². The highest BCUT2D eigenvalue weighted by molar-refractivity contribution is 9.10. The van der Waals surface area contributed by atoms with Gasteiger partial charge in [-0.15, -0.1) is 0 Å². The van der Waals surface area contributed by atoms with Gasteiger partial charge in [0.05, 0.1) is 18.2 Å². The van der Waals surface area contributed by atoms with E-state index in [2.05, 4.69) is 34.7 Å². The summed E-state index contributed by atoms with van der Waals surface area (Å²) in [5.41, 5.74) is 0.766. The number of ketones is 1. The molecule has 0 radical (unpaired) electrons. The quantitative estimate of drug-likeness (QED) is 0.800. The van der Waals surface area contributed by atoms with Crippen LogP contribution in [0.3, 0.4) is 0 Å². The molecule has 3 unspecified atom stereocenters. The number of nitrogens with zero attached hydrogens (tertiary/aromatic N) is 1. The van der Waals surface area contributed by atoms with Crippen LogP contribution in [-0.2, 0) is 4.74 Å². The van der Waals surface area contributed by atoms with Crippen LogP contribution in [0.2, 0.25) is 0 Å². The summed E-state index contributed by atoms with van der Waals surface area (Å²) in [4.78, 5) is 14.7. The summed E-state index contributed by atoms with van der Waals surface area (Å²) in [5, 5.41) is 0. The summed E-state index contributed by atoms with van der Waals surface area (Å²) in [6, 6.07) is 7.46. The molecule has 3 atom stereocenters. The third kappa shape index (κ3) is 3.65. The molecule has 1 aliphatic rings. The smallest absolute Gasteiger partial charge is 0.179 e. The van der Waals surface area contributed by atoms with Crippen LogP contribution in [-0.4, -0.2) is 42.0 Å². The molecule has 19 heavy (non-hydrogen) atoms. The molecule has 0 saturated carbocycles. The van der Waals surface area contributed by atoms with Crippen LogP contribution in [0.25, 0.3) is 0 Å². The van der Waals surface area contributed by atoms with Crippen molar-refractivity contribution in [2.75, 3.05) is 13.1 Å². The first-order valence-corrected chi connectivity index (χ1v) is 7.46. The van der Waals surface area contributed by atoms with Crippen molar-refractivity contribution in [1.29, 1.82) is 0 Å². The SMILES string of the molecule is CC1CN(C(C)C(=O)c2ccc(Br)cc2)CC(C)O1. The second-order valence-corrected chi connectivity index (χ2v) is 6.17. The molecular weight excluding hydrogens is 306 g/mol. The first kappa shape index (κ1) is 14.7. The Morgan fingerprint density at radius 2 is 1.79 bits per heavy atom. The van der Waals surface area contributed by atoms with Gasteiger partial charge in [-0.2, -0.15) is 0 Å². The zero-order valence-corrected chi connectivity index (χ0v) is 13.2. The fourth-order valence-electron chi connectivity index (χ4n) is 2.56. The average molecular weight is 326 g/mol. The summed E-state index contributed by atoms with van der Waals surface area (Å²) in [5.74, 6) is 0.175. The number of hydrogen-bond donors (Lipinski definition) is 0. The maximum atomic E-state index is 12.5. The second-order valence-electron chi connectivity index (χ2n) is 5.26. The number of carbonyl (C=O) groups excluding carboxylic acids is 1. The Balaban J connectivity index is 2.08. The maximum absolute atomic E-state index is 12.5. The molecule has 1 fully saturated rings. The second kappa shape index (κ2) is 6.16. The molecule has 4 heteroatoms. The minimum atomic E-state index is -0.102. The van der Waals surface area contributed by atoms with E-state index in [4.69, 9.17) is 4.74 Å². The van der Waals surface area contributed by atoms with Gasteiger partial charge in [-0.1, -0.05) is 28.1 Å². The number of hydrogen-bond acceptors (Lipinski definition) is 3. The summed E-state index contributed by atoms with van der Waals surface area (Å²) in [6.07, 6.45) is 0.368. The summed E-state index contributed by atoms with van der Waals surface area (Å²) >= 11 is 3.39. The van der Waals surface area contributed by atoms with E-state index in [1.165, 1.54) is 0 Å². The van der Waals surface area contributed by atoms with Crippen LogP contribution in [0, 0.1) is 0 Å². The molecule has 1 aliphatic heterocycles. The standard InChI is InChI=1S/C15H20BrNO2/c1-10-8-17(9-11(2)19-10)12(3)15(18)13-4-6-14(16)7-5-13/h4-7,10-12H,8-9H2,1-3H3. The zero-order chi connectivity index (χ0) is 14.0. The average Bonchev–Trinajstić information content (AvgIpc) is 2.37. The topological polar surface area (TPSA) is 29.5 Å². The van der Waals surface area contributed by atoms with Crippen LogP contribution >= 0.6 is 15.9 Å². The third-order valence-corrected chi connectivity index (χ3v) is 4.03. The summed E-state index contributed by atoms with van der Waals surface area (Å²) in [6.45, 7) is 7.72. The van der Waals surface area contributed by atoms with Gasteiger partial charge in [0.15, 0.2) is 5.78 Å². The van der Waals surface area contributed by atoms with Crippen LogP contribution in [0.4, 0.5) is 0 Å². The highest BCUT2D eigenvalue weighted by Gasteiger charge is 2.29. The Labute approximate surface area is 123 Å². The number of ether oxygens (including phenoxy) is 1. The van der Waals surface area contributed by atoms with E-state index in [9.17, 15) is 4.79 Å². The van der Waals surface area contributed by atoms with Gasteiger partial charge in [-0.3, -0.25) is 9.69 Å². The molecule has 0 aliphatic carbocycles. The van der Waals surface area contributed by atoms with Crippen molar-refractivity contribution in [2.24, 2.45) is 0 Å². The lowest BCUT2D eigenvalue weighted by Gasteiger charge is -2.38. The van der Waals surface area contributed by atoms with Crippen LogP contribution in [0.5, 0.6) is 0 Å². The van der Waals surface area contributed by atoms with Crippen molar-refractivity contribution in [3.8, 4) is 0 Å². The van der Waals surface area contributed by atoms with E-state index < -0.39 is 0 Å². The van der Waals surface area contributed by atoms with Crippen molar-refractivity contribution in [1.82, 2.24) is 4.90 Å². The molecule has 0 spiro atoms. The Morgan fingerprint density at radius 1 is 1.26 bits per heavy atom. The number of carbonyl (C=O) groups is 1. The lowest BCUT2D eigenvalue weighted by molar-refractivity contribution is -0.0744. The van der Waals surface area contributed by atoms with E-state index in [0.717, 1.165) is 23.1 Å². The molecule has 0 amide bonds.